The molecule has 35 heavy (non-hydrogen) atoms. The summed E-state index contributed by atoms with van der Waals surface area (Å²) in [5.74, 6) is -1.15. The predicted molar refractivity (Wildman–Crippen MR) is 125 cm³/mol. The Morgan fingerprint density at radius 3 is 2.46 bits per heavy atom. The lowest BCUT2D eigenvalue weighted by molar-refractivity contribution is -0.384. The Labute approximate surface area is 200 Å². The molecule has 1 amide bonds. The number of non-ortho nitro benzene ring substituents is 1. The zero-order valence-corrected chi connectivity index (χ0v) is 18.4. The number of benzene rings is 3. The fourth-order valence-corrected chi connectivity index (χ4v) is 4.32. The molecule has 2 aliphatic heterocycles. The molecule has 1 unspecified atom stereocenters. The molecule has 1 saturated heterocycles. The van der Waals surface area contributed by atoms with E-state index in [1.54, 1.807) is 24.3 Å². The molecule has 9 nitrogen and oxygen atoms in total. The summed E-state index contributed by atoms with van der Waals surface area (Å²) >= 11 is 0. The van der Waals surface area contributed by atoms with Gasteiger partial charge in [0, 0.05) is 24.2 Å². The molecule has 1 fully saturated rings. The Balaban J connectivity index is 1.65. The summed E-state index contributed by atoms with van der Waals surface area (Å²) in [5.41, 5.74) is 1.04. The van der Waals surface area contributed by atoms with Gasteiger partial charge in [0.05, 0.1) is 16.5 Å². The minimum absolute atomic E-state index is 0.0801. The highest BCUT2D eigenvalue weighted by molar-refractivity contribution is 6.46. The molecule has 1 atom stereocenters. The van der Waals surface area contributed by atoms with Crippen LogP contribution in [0, 0.1) is 10.1 Å². The maximum absolute atomic E-state index is 13.2. The predicted octanol–water partition coefficient (Wildman–Crippen LogP) is 3.99. The van der Waals surface area contributed by atoms with Crippen LogP contribution in [0.25, 0.3) is 5.76 Å². The normalized spacial score (nSPS) is 18.5. The third kappa shape index (κ3) is 4.08. The van der Waals surface area contributed by atoms with E-state index in [4.69, 9.17) is 9.47 Å². The van der Waals surface area contributed by atoms with Crippen LogP contribution in [0.1, 0.15) is 22.7 Å². The number of nitro groups is 1. The lowest BCUT2D eigenvalue weighted by Gasteiger charge is -2.25. The van der Waals surface area contributed by atoms with Crippen LogP contribution in [0.5, 0.6) is 11.5 Å². The fraction of sp³-hybridized carbons (Fsp3) is 0.154. The van der Waals surface area contributed by atoms with Crippen molar-refractivity contribution in [1.82, 2.24) is 4.90 Å². The SMILES string of the molecule is O=C1C(=O)N(Cc2ccccc2)C(c2cccc([N+](=O)[O-])c2)/C1=C(/O)c1ccc2c(c1)OCCO2. The lowest BCUT2D eigenvalue weighted by Crippen LogP contribution is -2.29. The summed E-state index contributed by atoms with van der Waals surface area (Å²) in [7, 11) is 0. The van der Waals surface area contributed by atoms with Crippen molar-refractivity contribution < 1.29 is 29.1 Å². The van der Waals surface area contributed by atoms with Crippen LogP contribution in [0.2, 0.25) is 0 Å². The maximum Gasteiger partial charge on any atom is 0.295 e. The van der Waals surface area contributed by atoms with Crippen LogP contribution in [-0.4, -0.2) is 39.8 Å². The number of amides is 1. The Morgan fingerprint density at radius 1 is 0.971 bits per heavy atom. The van der Waals surface area contributed by atoms with Crippen molar-refractivity contribution in [3.05, 3.63) is 105 Å². The Hall–Kier alpha value is -4.66. The third-order valence-corrected chi connectivity index (χ3v) is 5.95. The van der Waals surface area contributed by atoms with Gasteiger partial charge in [0.25, 0.3) is 17.4 Å². The first-order valence-corrected chi connectivity index (χ1v) is 10.9. The van der Waals surface area contributed by atoms with Crippen molar-refractivity contribution in [2.24, 2.45) is 0 Å². The minimum Gasteiger partial charge on any atom is -0.507 e. The number of nitro benzene ring substituents is 1. The largest absolute Gasteiger partial charge is 0.507 e. The van der Waals surface area contributed by atoms with Crippen LogP contribution in [0.3, 0.4) is 0 Å². The minimum atomic E-state index is -1.02. The van der Waals surface area contributed by atoms with E-state index in [1.165, 1.54) is 23.1 Å². The molecule has 1 N–H and O–H groups in total. The number of ketones is 1. The van der Waals surface area contributed by atoms with Gasteiger partial charge in [0.1, 0.15) is 19.0 Å². The van der Waals surface area contributed by atoms with E-state index in [0.29, 0.717) is 30.3 Å². The van der Waals surface area contributed by atoms with Gasteiger partial charge in [-0.2, -0.15) is 0 Å². The lowest BCUT2D eigenvalue weighted by atomic mass is 9.94. The third-order valence-electron chi connectivity index (χ3n) is 5.95. The molecule has 0 aromatic heterocycles. The van der Waals surface area contributed by atoms with Crippen molar-refractivity contribution >= 4 is 23.1 Å². The average molecular weight is 472 g/mol. The number of hydrogen-bond donors (Lipinski definition) is 1. The number of carbonyl (C=O) groups excluding carboxylic acids is 2. The molecule has 2 heterocycles. The molecule has 0 radical (unpaired) electrons. The molecule has 176 valence electrons. The molecular formula is C26H20N2O7. The zero-order chi connectivity index (χ0) is 24.5. The summed E-state index contributed by atoms with van der Waals surface area (Å²) < 4.78 is 11.1. The second-order valence-corrected chi connectivity index (χ2v) is 8.12. The number of likely N-dealkylation sites (tertiary alicyclic amines) is 1. The second-order valence-electron chi connectivity index (χ2n) is 8.12. The summed E-state index contributed by atoms with van der Waals surface area (Å²) in [5, 5.41) is 22.7. The molecule has 0 spiro atoms. The van der Waals surface area contributed by atoms with Gasteiger partial charge in [0.15, 0.2) is 11.5 Å². The first-order chi connectivity index (χ1) is 16.9. The number of aliphatic hydroxyl groups is 1. The van der Waals surface area contributed by atoms with Gasteiger partial charge < -0.3 is 19.5 Å². The first-order valence-electron chi connectivity index (χ1n) is 10.9. The Bertz CT molecular complexity index is 1370. The fourth-order valence-electron chi connectivity index (χ4n) is 4.32. The van der Waals surface area contributed by atoms with Gasteiger partial charge in [0.2, 0.25) is 0 Å². The summed E-state index contributed by atoms with van der Waals surface area (Å²) in [6.07, 6.45) is 0. The molecule has 0 saturated carbocycles. The van der Waals surface area contributed by atoms with Crippen LogP contribution in [0.4, 0.5) is 5.69 Å². The molecule has 5 rings (SSSR count). The number of carbonyl (C=O) groups is 2. The van der Waals surface area contributed by atoms with Crippen LogP contribution in [-0.2, 0) is 16.1 Å². The van der Waals surface area contributed by atoms with E-state index < -0.39 is 28.4 Å². The van der Waals surface area contributed by atoms with Crippen molar-refractivity contribution in [2.75, 3.05) is 13.2 Å². The first kappa shape index (κ1) is 22.1. The number of Topliss-reactive ketones (excluding diaryl/α,β-unsaturated/α-hetero) is 1. The number of aliphatic hydroxyl groups excluding tert-OH is 1. The number of hydrogen-bond acceptors (Lipinski definition) is 7. The molecule has 3 aromatic rings. The van der Waals surface area contributed by atoms with Crippen molar-refractivity contribution in [3.8, 4) is 11.5 Å². The van der Waals surface area contributed by atoms with Gasteiger partial charge >= 0.3 is 0 Å². The van der Waals surface area contributed by atoms with E-state index in [0.717, 1.165) is 5.56 Å². The van der Waals surface area contributed by atoms with E-state index in [1.807, 2.05) is 30.3 Å². The summed E-state index contributed by atoms with van der Waals surface area (Å²) in [6, 6.07) is 18.5. The smallest absolute Gasteiger partial charge is 0.295 e. The molecule has 0 bridgehead atoms. The Morgan fingerprint density at radius 2 is 1.71 bits per heavy atom. The summed E-state index contributed by atoms with van der Waals surface area (Å²) in [6.45, 7) is 0.818. The van der Waals surface area contributed by atoms with Gasteiger partial charge in [-0.25, -0.2) is 0 Å². The van der Waals surface area contributed by atoms with Gasteiger partial charge in [-0.3, -0.25) is 19.7 Å². The number of fused-ring (bicyclic) bond motifs is 1. The van der Waals surface area contributed by atoms with Crippen molar-refractivity contribution in [3.63, 3.8) is 0 Å². The second kappa shape index (κ2) is 8.94. The van der Waals surface area contributed by atoms with Crippen LogP contribution < -0.4 is 9.47 Å². The molecule has 9 heteroatoms. The highest BCUT2D eigenvalue weighted by Crippen LogP contribution is 2.42. The van der Waals surface area contributed by atoms with Gasteiger partial charge in [-0.15, -0.1) is 0 Å². The van der Waals surface area contributed by atoms with Gasteiger partial charge in [-0.05, 0) is 29.3 Å². The van der Waals surface area contributed by atoms with Crippen molar-refractivity contribution in [2.45, 2.75) is 12.6 Å². The highest BCUT2D eigenvalue weighted by Gasteiger charge is 2.46. The van der Waals surface area contributed by atoms with E-state index in [2.05, 4.69) is 0 Å². The molecule has 0 aliphatic carbocycles. The quantitative estimate of drug-likeness (QED) is 0.196. The maximum atomic E-state index is 13.2. The number of rotatable bonds is 5. The molecule has 3 aromatic carbocycles. The van der Waals surface area contributed by atoms with Crippen LogP contribution in [0.15, 0.2) is 78.4 Å². The van der Waals surface area contributed by atoms with Crippen molar-refractivity contribution in [1.29, 1.82) is 0 Å². The van der Waals surface area contributed by atoms with Gasteiger partial charge in [-0.1, -0.05) is 42.5 Å². The van der Waals surface area contributed by atoms with E-state index >= 15 is 0 Å². The molecular weight excluding hydrogens is 452 g/mol. The molecule has 2 aliphatic rings. The number of nitrogens with zero attached hydrogens (tertiary/aromatic N) is 2. The average Bonchev–Trinajstić information content (AvgIpc) is 3.13. The monoisotopic (exact) mass is 472 g/mol. The topological polar surface area (TPSA) is 119 Å². The standard InChI is InChI=1S/C26H20N2O7/c29-24(18-9-10-20-21(14-18)35-12-11-34-20)22-23(17-7-4-8-19(13-17)28(32)33)27(26(31)25(22)30)15-16-5-2-1-3-6-16/h1-10,13-14,23,29H,11-12,15H2/b24-22-. The highest BCUT2D eigenvalue weighted by atomic mass is 16.6. The Kier molecular flexibility index (Phi) is 5.66. The van der Waals surface area contributed by atoms with E-state index in [9.17, 15) is 24.8 Å². The van der Waals surface area contributed by atoms with E-state index in [-0.39, 0.29) is 23.4 Å². The number of ether oxygens (including phenoxy) is 2. The zero-order valence-electron chi connectivity index (χ0n) is 18.4. The van der Waals surface area contributed by atoms with Crippen LogP contribution >= 0.6 is 0 Å². The summed E-state index contributed by atoms with van der Waals surface area (Å²) in [4.78, 5) is 38.5.